The van der Waals surface area contributed by atoms with Crippen molar-refractivity contribution < 1.29 is 5.11 Å². The Balaban J connectivity index is 4.09. The van der Waals surface area contributed by atoms with Crippen molar-refractivity contribution in [3.8, 4) is 0 Å². The van der Waals surface area contributed by atoms with E-state index >= 15 is 0 Å². The summed E-state index contributed by atoms with van der Waals surface area (Å²) >= 11 is 0. The van der Waals surface area contributed by atoms with E-state index < -0.39 is 0 Å². The van der Waals surface area contributed by atoms with Gasteiger partial charge in [0.15, 0.2) is 0 Å². The molecule has 68 valence electrons. The lowest BCUT2D eigenvalue weighted by Crippen LogP contribution is -2.41. The quantitative estimate of drug-likeness (QED) is 0.649. The Kier molecular flexibility index (Phi) is 4.04. The predicted octanol–water partition coefficient (Wildman–Crippen LogP) is 1.25. The molecule has 0 aliphatic heterocycles. The van der Waals surface area contributed by atoms with E-state index in [1.54, 1.807) is 0 Å². The van der Waals surface area contributed by atoms with E-state index in [9.17, 15) is 0 Å². The highest BCUT2D eigenvalue weighted by Gasteiger charge is 2.26. The maximum atomic E-state index is 9.00. The fourth-order valence-electron chi connectivity index (χ4n) is 1.10. The minimum absolute atomic E-state index is 0.217. The Morgan fingerprint density at radius 3 is 1.91 bits per heavy atom. The smallest absolute Gasteiger partial charge is 0.0587 e. The van der Waals surface area contributed by atoms with Crippen LogP contribution < -0.4 is 5.32 Å². The lowest BCUT2D eigenvalue weighted by molar-refractivity contribution is 0.140. The summed E-state index contributed by atoms with van der Waals surface area (Å²) in [4.78, 5) is 0. The maximum absolute atomic E-state index is 9.00. The second-order valence-electron chi connectivity index (χ2n) is 4.23. The zero-order chi connectivity index (χ0) is 9.07. The van der Waals surface area contributed by atoms with Crippen molar-refractivity contribution in [1.82, 2.24) is 5.32 Å². The average molecular weight is 159 g/mol. The first-order valence-electron chi connectivity index (χ1n) is 4.21. The Hall–Kier alpha value is -0.0800. The van der Waals surface area contributed by atoms with Crippen molar-refractivity contribution in [3.05, 3.63) is 0 Å². The van der Waals surface area contributed by atoms with Crippen LogP contribution in [0.1, 0.15) is 27.7 Å². The molecule has 0 saturated heterocycles. The van der Waals surface area contributed by atoms with Crippen LogP contribution in [0.4, 0.5) is 0 Å². The summed E-state index contributed by atoms with van der Waals surface area (Å²) in [6, 6.07) is 0.218. The van der Waals surface area contributed by atoms with Crippen molar-refractivity contribution in [2.45, 2.75) is 33.7 Å². The van der Waals surface area contributed by atoms with Gasteiger partial charge in [-0.3, -0.25) is 0 Å². The van der Waals surface area contributed by atoms with Crippen LogP contribution in [-0.4, -0.2) is 24.8 Å². The highest BCUT2D eigenvalue weighted by atomic mass is 16.3. The molecule has 0 spiro atoms. The number of hydrogen-bond donors (Lipinski definition) is 2. The van der Waals surface area contributed by atoms with Gasteiger partial charge in [-0.15, -0.1) is 0 Å². The normalized spacial score (nSPS) is 18.0. The third-order valence-electron chi connectivity index (χ3n) is 2.54. The summed E-state index contributed by atoms with van der Waals surface area (Å²) in [5.41, 5.74) is 0.260. The SMILES string of the molecule is CNC(CO)C(C)C(C)(C)C. The van der Waals surface area contributed by atoms with Crippen LogP contribution in [0.2, 0.25) is 0 Å². The van der Waals surface area contributed by atoms with Gasteiger partial charge in [0.2, 0.25) is 0 Å². The lowest BCUT2D eigenvalue weighted by Gasteiger charge is -2.33. The van der Waals surface area contributed by atoms with E-state index in [2.05, 4.69) is 33.0 Å². The van der Waals surface area contributed by atoms with Gasteiger partial charge in [-0.2, -0.15) is 0 Å². The standard InChI is InChI=1S/C9H21NO/c1-7(9(2,3)4)8(6-11)10-5/h7-8,10-11H,6H2,1-5H3. The lowest BCUT2D eigenvalue weighted by atomic mass is 9.78. The summed E-state index contributed by atoms with van der Waals surface area (Å²) in [6.45, 7) is 8.96. The van der Waals surface area contributed by atoms with Crippen LogP contribution in [0.25, 0.3) is 0 Å². The topological polar surface area (TPSA) is 32.3 Å². The molecule has 2 atom stereocenters. The molecule has 2 heteroatoms. The predicted molar refractivity (Wildman–Crippen MR) is 48.6 cm³/mol. The molecule has 11 heavy (non-hydrogen) atoms. The number of rotatable bonds is 3. The monoisotopic (exact) mass is 159 g/mol. The Bertz CT molecular complexity index is 103. The van der Waals surface area contributed by atoms with Crippen LogP contribution in [-0.2, 0) is 0 Å². The Morgan fingerprint density at radius 1 is 1.36 bits per heavy atom. The average Bonchev–Trinajstić information content (AvgIpc) is 1.88. The zero-order valence-electron chi connectivity index (χ0n) is 8.31. The molecular formula is C9H21NO. The summed E-state index contributed by atoms with van der Waals surface area (Å²) < 4.78 is 0. The third-order valence-corrected chi connectivity index (χ3v) is 2.54. The molecule has 0 radical (unpaired) electrons. The van der Waals surface area contributed by atoms with E-state index in [4.69, 9.17) is 5.11 Å². The molecule has 2 nitrogen and oxygen atoms in total. The molecule has 0 aromatic heterocycles. The van der Waals surface area contributed by atoms with E-state index in [1.165, 1.54) is 0 Å². The number of aliphatic hydroxyl groups is 1. The van der Waals surface area contributed by atoms with Gasteiger partial charge in [0.1, 0.15) is 0 Å². The van der Waals surface area contributed by atoms with Crippen molar-refractivity contribution in [2.75, 3.05) is 13.7 Å². The van der Waals surface area contributed by atoms with Gasteiger partial charge < -0.3 is 10.4 Å². The highest BCUT2D eigenvalue weighted by Crippen LogP contribution is 2.27. The van der Waals surface area contributed by atoms with E-state index in [1.807, 2.05) is 7.05 Å². The molecule has 0 aromatic rings. The van der Waals surface area contributed by atoms with Crippen LogP contribution in [0, 0.1) is 11.3 Å². The molecule has 0 rings (SSSR count). The van der Waals surface area contributed by atoms with Crippen molar-refractivity contribution >= 4 is 0 Å². The van der Waals surface area contributed by atoms with Crippen molar-refractivity contribution in [1.29, 1.82) is 0 Å². The Labute approximate surface area is 70.0 Å². The van der Waals surface area contributed by atoms with Crippen LogP contribution >= 0.6 is 0 Å². The van der Waals surface area contributed by atoms with Gasteiger partial charge in [-0.25, -0.2) is 0 Å². The summed E-state index contributed by atoms with van der Waals surface area (Å²) in [6.07, 6.45) is 0. The largest absolute Gasteiger partial charge is 0.395 e. The summed E-state index contributed by atoms with van der Waals surface area (Å²) in [7, 11) is 1.89. The van der Waals surface area contributed by atoms with Crippen LogP contribution in [0.5, 0.6) is 0 Å². The van der Waals surface area contributed by atoms with E-state index in [0.717, 1.165) is 0 Å². The van der Waals surface area contributed by atoms with Gasteiger partial charge in [0.05, 0.1) is 6.61 Å². The van der Waals surface area contributed by atoms with E-state index in [0.29, 0.717) is 5.92 Å². The summed E-state index contributed by atoms with van der Waals surface area (Å²) in [5, 5.41) is 12.1. The maximum Gasteiger partial charge on any atom is 0.0587 e. The molecule has 0 heterocycles. The van der Waals surface area contributed by atoms with Crippen LogP contribution in [0.15, 0.2) is 0 Å². The van der Waals surface area contributed by atoms with Crippen molar-refractivity contribution in [3.63, 3.8) is 0 Å². The second-order valence-corrected chi connectivity index (χ2v) is 4.23. The molecule has 0 fully saturated rings. The van der Waals surface area contributed by atoms with Gasteiger partial charge >= 0.3 is 0 Å². The molecule has 2 N–H and O–H groups in total. The first kappa shape index (κ1) is 10.9. The van der Waals surface area contributed by atoms with Crippen LogP contribution in [0.3, 0.4) is 0 Å². The van der Waals surface area contributed by atoms with Gasteiger partial charge in [0.25, 0.3) is 0 Å². The Morgan fingerprint density at radius 2 is 1.82 bits per heavy atom. The minimum atomic E-state index is 0.217. The molecule has 0 saturated carbocycles. The van der Waals surface area contributed by atoms with Gasteiger partial charge in [0, 0.05) is 6.04 Å². The fraction of sp³-hybridized carbons (Fsp3) is 1.00. The second kappa shape index (κ2) is 4.07. The molecule has 2 unspecified atom stereocenters. The molecule has 0 amide bonds. The van der Waals surface area contributed by atoms with Crippen molar-refractivity contribution in [2.24, 2.45) is 11.3 Å². The minimum Gasteiger partial charge on any atom is -0.395 e. The first-order valence-corrected chi connectivity index (χ1v) is 4.21. The van der Waals surface area contributed by atoms with Gasteiger partial charge in [-0.1, -0.05) is 27.7 Å². The summed E-state index contributed by atoms with van der Waals surface area (Å²) in [5.74, 6) is 0.484. The number of likely N-dealkylation sites (N-methyl/N-ethyl adjacent to an activating group) is 1. The molecule has 0 aromatic carbocycles. The number of aliphatic hydroxyl groups excluding tert-OH is 1. The first-order chi connectivity index (χ1) is 4.93. The molecule has 0 bridgehead atoms. The molecular weight excluding hydrogens is 138 g/mol. The number of hydrogen-bond acceptors (Lipinski definition) is 2. The molecule has 0 aliphatic rings. The zero-order valence-corrected chi connectivity index (χ0v) is 8.31. The van der Waals surface area contributed by atoms with Gasteiger partial charge in [-0.05, 0) is 18.4 Å². The highest BCUT2D eigenvalue weighted by molar-refractivity contribution is 4.80. The number of nitrogens with one attached hydrogen (secondary N) is 1. The fourth-order valence-corrected chi connectivity index (χ4v) is 1.10. The van der Waals surface area contributed by atoms with E-state index in [-0.39, 0.29) is 18.1 Å². The third kappa shape index (κ3) is 3.21. The molecule has 0 aliphatic carbocycles.